The number of nitrogens with two attached hydrogens (primary N) is 1. The molecule has 0 amide bonds. The largest absolute Gasteiger partial charge is 0.320 e. The average molecular weight is 317 g/mol. The summed E-state index contributed by atoms with van der Waals surface area (Å²) >= 11 is 0.915. The number of anilines is 1. The zero-order valence-electron chi connectivity index (χ0n) is 10.8. The number of nitrogens with one attached hydrogen (secondary N) is 1. The fourth-order valence-electron chi connectivity index (χ4n) is 1.55. The van der Waals surface area contributed by atoms with Crippen molar-refractivity contribution in [3.8, 4) is 17.9 Å². The van der Waals surface area contributed by atoms with Crippen molar-refractivity contribution in [1.82, 2.24) is 0 Å². The zero-order chi connectivity index (χ0) is 15.3. The number of hydrogen-bond acceptors (Lipinski definition) is 5. The molecule has 0 aliphatic carbocycles. The third-order valence-corrected chi connectivity index (χ3v) is 5.30. The Bertz CT molecular complexity index is 852. The average Bonchev–Trinajstić information content (AvgIpc) is 2.96. The second kappa shape index (κ2) is 6.42. The van der Waals surface area contributed by atoms with Gasteiger partial charge in [0.1, 0.15) is 15.2 Å². The highest BCUT2D eigenvalue weighted by atomic mass is 32.2. The van der Waals surface area contributed by atoms with Gasteiger partial charge in [0.2, 0.25) is 0 Å². The standard InChI is InChI=1S/C14H11N3O2S2/c15-9-3-5-11-4-1-2-6-13(11)17-21(18,19)14-8-7-12(10-16)20-14/h1-2,4,6-8,17H,9,15H2. The van der Waals surface area contributed by atoms with E-state index >= 15 is 0 Å². The summed E-state index contributed by atoms with van der Waals surface area (Å²) in [5.74, 6) is 5.50. The van der Waals surface area contributed by atoms with E-state index in [4.69, 9.17) is 11.0 Å². The molecule has 5 nitrogen and oxygen atoms in total. The molecule has 1 heterocycles. The first kappa shape index (κ1) is 15.1. The maximum atomic E-state index is 12.3. The van der Waals surface area contributed by atoms with E-state index in [1.807, 2.05) is 6.07 Å². The van der Waals surface area contributed by atoms with Crippen LogP contribution < -0.4 is 10.5 Å². The molecule has 0 spiro atoms. The molecule has 1 aromatic carbocycles. The van der Waals surface area contributed by atoms with Crippen molar-refractivity contribution < 1.29 is 8.42 Å². The third-order valence-electron chi connectivity index (χ3n) is 2.45. The molecule has 0 aliphatic heterocycles. The van der Waals surface area contributed by atoms with Crippen molar-refractivity contribution in [1.29, 1.82) is 5.26 Å². The molecule has 1 aromatic heterocycles. The highest BCUT2D eigenvalue weighted by molar-refractivity contribution is 7.94. The molecule has 0 saturated carbocycles. The summed E-state index contributed by atoms with van der Waals surface area (Å²) in [5.41, 5.74) is 6.25. The summed E-state index contributed by atoms with van der Waals surface area (Å²) in [4.78, 5) is 0.339. The monoisotopic (exact) mass is 317 g/mol. The molecule has 0 atom stereocenters. The molecule has 106 valence electrons. The number of hydrogen-bond donors (Lipinski definition) is 2. The molecular formula is C14H11N3O2S2. The second-order valence-corrected chi connectivity index (χ2v) is 6.88. The molecule has 0 aliphatic rings. The van der Waals surface area contributed by atoms with E-state index < -0.39 is 10.0 Å². The molecular weight excluding hydrogens is 306 g/mol. The predicted molar refractivity (Wildman–Crippen MR) is 82.2 cm³/mol. The topological polar surface area (TPSA) is 96.0 Å². The summed E-state index contributed by atoms with van der Waals surface area (Å²) < 4.78 is 27.1. The van der Waals surface area contributed by atoms with Gasteiger partial charge in [0, 0.05) is 5.56 Å². The Kier molecular flexibility index (Phi) is 4.61. The van der Waals surface area contributed by atoms with Crippen LogP contribution in [0.4, 0.5) is 5.69 Å². The van der Waals surface area contributed by atoms with Crippen LogP contribution in [0.15, 0.2) is 40.6 Å². The normalized spacial score (nSPS) is 10.3. The Labute approximate surface area is 127 Å². The molecule has 0 unspecified atom stereocenters. The SMILES string of the molecule is N#Cc1ccc(S(=O)(=O)Nc2ccccc2C#CCN)s1. The van der Waals surface area contributed by atoms with E-state index in [0.29, 0.717) is 16.1 Å². The Morgan fingerprint density at radius 3 is 2.67 bits per heavy atom. The fraction of sp³-hybridized carbons (Fsp3) is 0.0714. The number of sulfonamides is 1. The van der Waals surface area contributed by atoms with Crippen LogP contribution >= 0.6 is 11.3 Å². The van der Waals surface area contributed by atoms with Crippen molar-refractivity contribution in [2.75, 3.05) is 11.3 Å². The minimum Gasteiger partial charge on any atom is -0.320 e. The van der Waals surface area contributed by atoms with Crippen LogP contribution in [0, 0.1) is 23.2 Å². The lowest BCUT2D eigenvalue weighted by Crippen LogP contribution is -2.12. The van der Waals surface area contributed by atoms with Gasteiger partial charge in [0.25, 0.3) is 10.0 Å². The highest BCUT2D eigenvalue weighted by Gasteiger charge is 2.18. The Morgan fingerprint density at radius 1 is 1.24 bits per heavy atom. The minimum atomic E-state index is -3.73. The van der Waals surface area contributed by atoms with E-state index in [1.54, 1.807) is 24.3 Å². The Balaban J connectivity index is 2.35. The summed E-state index contributed by atoms with van der Waals surface area (Å²) in [6, 6.07) is 11.6. The lowest BCUT2D eigenvalue weighted by Gasteiger charge is -2.08. The summed E-state index contributed by atoms with van der Waals surface area (Å²) in [6.07, 6.45) is 0. The first-order valence-electron chi connectivity index (χ1n) is 5.87. The molecule has 0 fully saturated rings. The molecule has 0 saturated heterocycles. The van der Waals surface area contributed by atoms with Gasteiger partial charge in [0.15, 0.2) is 0 Å². The van der Waals surface area contributed by atoms with Crippen LogP contribution in [0.1, 0.15) is 10.4 Å². The number of benzene rings is 1. The molecule has 0 radical (unpaired) electrons. The van der Waals surface area contributed by atoms with E-state index in [0.717, 1.165) is 11.3 Å². The summed E-state index contributed by atoms with van der Waals surface area (Å²) in [7, 11) is -3.73. The second-order valence-electron chi connectivity index (χ2n) is 3.89. The van der Waals surface area contributed by atoms with Gasteiger partial charge in [-0.2, -0.15) is 5.26 Å². The van der Waals surface area contributed by atoms with Gasteiger partial charge in [0.05, 0.1) is 12.2 Å². The lowest BCUT2D eigenvalue weighted by atomic mass is 10.2. The number of thiophene rings is 1. The van der Waals surface area contributed by atoms with Gasteiger partial charge >= 0.3 is 0 Å². The zero-order valence-corrected chi connectivity index (χ0v) is 12.5. The molecule has 0 bridgehead atoms. The van der Waals surface area contributed by atoms with E-state index in [-0.39, 0.29) is 10.8 Å². The first-order chi connectivity index (χ1) is 10.1. The Morgan fingerprint density at radius 2 is 2.00 bits per heavy atom. The maximum Gasteiger partial charge on any atom is 0.271 e. The number of rotatable bonds is 3. The molecule has 7 heteroatoms. The van der Waals surface area contributed by atoms with Gasteiger partial charge in [-0.3, -0.25) is 4.72 Å². The van der Waals surface area contributed by atoms with Crippen LogP contribution in [0.3, 0.4) is 0 Å². The van der Waals surface area contributed by atoms with Gasteiger partial charge in [-0.25, -0.2) is 8.42 Å². The third kappa shape index (κ3) is 3.61. The predicted octanol–water partition coefficient (Wildman–Crippen LogP) is 1.73. The Hall–Kier alpha value is -2.32. The van der Waals surface area contributed by atoms with Crippen LogP contribution in [0.5, 0.6) is 0 Å². The first-order valence-corrected chi connectivity index (χ1v) is 8.17. The lowest BCUT2D eigenvalue weighted by molar-refractivity contribution is 0.603. The van der Waals surface area contributed by atoms with Crippen LogP contribution in [-0.2, 0) is 10.0 Å². The van der Waals surface area contributed by atoms with Crippen LogP contribution in [0.2, 0.25) is 0 Å². The summed E-state index contributed by atoms with van der Waals surface area (Å²) in [5, 5.41) is 8.76. The molecule has 3 N–H and O–H groups in total. The smallest absolute Gasteiger partial charge is 0.271 e. The number of nitrogens with zero attached hydrogens (tertiary/aromatic N) is 1. The molecule has 2 aromatic rings. The van der Waals surface area contributed by atoms with Crippen molar-refractivity contribution in [2.45, 2.75) is 4.21 Å². The summed E-state index contributed by atoms with van der Waals surface area (Å²) in [6.45, 7) is 0.192. The van der Waals surface area contributed by atoms with Crippen LogP contribution in [0.25, 0.3) is 0 Å². The molecule has 21 heavy (non-hydrogen) atoms. The van der Waals surface area contributed by atoms with Crippen molar-refractivity contribution in [3.05, 3.63) is 46.8 Å². The van der Waals surface area contributed by atoms with Gasteiger partial charge in [-0.05, 0) is 24.3 Å². The minimum absolute atomic E-state index is 0.0839. The number of nitriles is 1. The molecule has 2 rings (SSSR count). The van der Waals surface area contributed by atoms with E-state index in [9.17, 15) is 8.42 Å². The van der Waals surface area contributed by atoms with Gasteiger partial charge < -0.3 is 5.73 Å². The maximum absolute atomic E-state index is 12.3. The van der Waals surface area contributed by atoms with Gasteiger partial charge in [-0.15, -0.1) is 11.3 Å². The van der Waals surface area contributed by atoms with Crippen molar-refractivity contribution in [2.24, 2.45) is 5.73 Å². The highest BCUT2D eigenvalue weighted by Crippen LogP contribution is 2.24. The van der Waals surface area contributed by atoms with Crippen molar-refractivity contribution in [3.63, 3.8) is 0 Å². The quantitative estimate of drug-likeness (QED) is 0.843. The number of para-hydroxylation sites is 1. The van der Waals surface area contributed by atoms with Gasteiger partial charge in [-0.1, -0.05) is 24.0 Å². The van der Waals surface area contributed by atoms with Crippen molar-refractivity contribution >= 4 is 27.0 Å². The van der Waals surface area contributed by atoms with E-state index in [2.05, 4.69) is 16.6 Å². The van der Waals surface area contributed by atoms with E-state index in [1.165, 1.54) is 12.1 Å². The fourth-order valence-corrected chi connectivity index (χ4v) is 3.73. The van der Waals surface area contributed by atoms with Crippen LogP contribution in [-0.4, -0.2) is 15.0 Å².